The first-order valence-electron chi connectivity index (χ1n) is 7.13. The minimum Gasteiger partial charge on any atom is -0.337 e. The number of amides is 2. The molecule has 2 amide bonds. The number of rotatable bonds is 5. The summed E-state index contributed by atoms with van der Waals surface area (Å²) in [5, 5.41) is 16.2. The summed E-state index contributed by atoms with van der Waals surface area (Å²) in [6.45, 7) is 6.02. The molecule has 1 aromatic heterocycles. The monoisotopic (exact) mass is 346 g/mol. The van der Waals surface area contributed by atoms with Gasteiger partial charge in [-0.3, -0.25) is 0 Å². The molecule has 7 heteroatoms. The van der Waals surface area contributed by atoms with Gasteiger partial charge in [-0.05, 0) is 44.5 Å². The van der Waals surface area contributed by atoms with Crippen molar-refractivity contribution in [3.8, 4) is 6.07 Å². The van der Waals surface area contributed by atoms with Crippen LogP contribution in [0.15, 0.2) is 32.8 Å². The Hall–Kier alpha value is -2.04. The number of nitrogens with zero attached hydrogens (tertiary/aromatic N) is 2. The SMILES string of the molecule is Cc1csc(Sc2ccc(NC(=O)NCC(C)C#N)c(C)c2)n1. The Bertz CT molecular complexity index is 736. The number of benzene rings is 1. The Morgan fingerprint density at radius 3 is 2.87 bits per heavy atom. The van der Waals surface area contributed by atoms with Crippen LogP contribution in [-0.4, -0.2) is 17.6 Å². The topological polar surface area (TPSA) is 77.8 Å². The van der Waals surface area contributed by atoms with Gasteiger partial charge >= 0.3 is 6.03 Å². The third-order valence-corrected chi connectivity index (χ3v) is 5.08. The minimum atomic E-state index is -0.300. The zero-order valence-electron chi connectivity index (χ0n) is 13.2. The summed E-state index contributed by atoms with van der Waals surface area (Å²) in [4.78, 5) is 17.3. The van der Waals surface area contributed by atoms with Gasteiger partial charge in [0.25, 0.3) is 0 Å². The van der Waals surface area contributed by atoms with Gasteiger partial charge in [-0.25, -0.2) is 9.78 Å². The molecule has 1 atom stereocenters. The molecular weight excluding hydrogens is 328 g/mol. The maximum atomic E-state index is 11.8. The molecule has 0 aliphatic carbocycles. The standard InChI is InChI=1S/C16H18N4OS2/c1-10(7-17)8-18-15(21)20-14-5-4-13(6-11(14)2)23-16-19-12(3)9-22-16/h4-6,9-10H,8H2,1-3H3,(H2,18,20,21). The number of hydrogen-bond acceptors (Lipinski definition) is 5. The second kappa shape index (κ2) is 7.99. The molecular formula is C16H18N4OS2. The zero-order valence-corrected chi connectivity index (χ0v) is 14.8. The predicted molar refractivity (Wildman–Crippen MR) is 94.0 cm³/mol. The number of aromatic nitrogens is 1. The van der Waals surface area contributed by atoms with Crippen LogP contribution in [0.2, 0.25) is 0 Å². The fourth-order valence-electron chi connectivity index (χ4n) is 1.78. The minimum absolute atomic E-state index is 0.206. The molecule has 1 unspecified atom stereocenters. The molecule has 0 spiro atoms. The smallest absolute Gasteiger partial charge is 0.319 e. The van der Waals surface area contributed by atoms with Gasteiger partial charge in [-0.2, -0.15) is 5.26 Å². The van der Waals surface area contributed by atoms with Gasteiger partial charge in [0.1, 0.15) is 0 Å². The van der Waals surface area contributed by atoms with Gasteiger partial charge in [0.05, 0.1) is 12.0 Å². The normalized spacial score (nSPS) is 11.6. The van der Waals surface area contributed by atoms with Crippen LogP contribution in [0.3, 0.4) is 0 Å². The average Bonchev–Trinajstić information content (AvgIpc) is 2.92. The van der Waals surface area contributed by atoms with Crippen LogP contribution in [0.4, 0.5) is 10.5 Å². The van der Waals surface area contributed by atoms with Crippen LogP contribution in [0.5, 0.6) is 0 Å². The van der Waals surface area contributed by atoms with Gasteiger partial charge in [-0.1, -0.05) is 11.8 Å². The summed E-state index contributed by atoms with van der Waals surface area (Å²) in [6.07, 6.45) is 0. The van der Waals surface area contributed by atoms with Gasteiger partial charge in [0.15, 0.2) is 4.34 Å². The van der Waals surface area contributed by atoms with Crippen LogP contribution < -0.4 is 10.6 Å². The van der Waals surface area contributed by atoms with E-state index in [0.717, 1.165) is 26.2 Å². The van der Waals surface area contributed by atoms with Crippen LogP contribution >= 0.6 is 23.1 Å². The molecule has 2 N–H and O–H groups in total. The highest BCUT2D eigenvalue weighted by molar-refractivity contribution is 8.01. The third kappa shape index (κ3) is 5.27. The van der Waals surface area contributed by atoms with Crippen molar-refractivity contribution in [2.75, 3.05) is 11.9 Å². The maximum Gasteiger partial charge on any atom is 0.319 e. The van der Waals surface area contributed by atoms with Crippen molar-refractivity contribution in [2.24, 2.45) is 5.92 Å². The van der Waals surface area contributed by atoms with Gasteiger partial charge in [0, 0.05) is 28.2 Å². The fraction of sp³-hybridized carbons (Fsp3) is 0.312. The molecule has 1 aromatic carbocycles. The summed E-state index contributed by atoms with van der Waals surface area (Å²) in [5.41, 5.74) is 2.76. The van der Waals surface area contributed by atoms with Crippen molar-refractivity contribution in [1.29, 1.82) is 5.26 Å². The maximum absolute atomic E-state index is 11.8. The first-order valence-corrected chi connectivity index (χ1v) is 8.82. The van der Waals surface area contributed by atoms with Crippen molar-refractivity contribution in [3.05, 3.63) is 34.8 Å². The third-order valence-electron chi connectivity index (χ3n) is 3.04. The lowest BCUT2D eigenvalue weighted by molar-refractivity contribution is 0.251. The Morgan fingerprint density at radius 1 is 1.48 bits per heavy atom. The molecule has 0 radical (unpaired) electrons. The number of hydrogen-bond donors (Lipinski definition) is 2. The van der Waals surface area contributed by atoms with E-state index in [2.05, 4.69) is 21.7 Å². The lowest BCUT2D eigenvalue weighted by Crippen LogP contribution is -2.32. The van der Waals surface area contributed by atoms with Crippen molar-refractivity contribution in [3.63, 3.8) is 0 Å². The summed E-state index contributed by atoms with van der Waals surface area (Å²) >= 11 is 3.23. The lowest BCUT2D eigenvalue weighted by atomic mass is 10.2. The summed E-state index contributed by atoms with van der Waals surface area (Å²) < 4.78 is 1.01. The second-order valence-corrected chi connectivity index (χ2v) is 7.38. The number of carbonyl (C=O) groups excluding carboxylic acids is 1. The molecule has 0 fully saturated rings. The van der Waals surface area contributed by atoms with E-state index in [9.17, 15) is 4.79 Å². The van der Waals surface area contributed by atoms with Gasteiger partial charge in [0.2, 0.25) is 0 Å². The number of nitrogens with one attached hydrogen (secondary N) is 2. The molecule has 2 aromatic rings. The molecule has 0 saturated heterocycles. The predicted octanol–water partition coefficient (Wildman–Crippen LogP) is 4.19. The Labute approximate surface area is 144 Å². The van der Waals surface area contributed by atoms with E-state index in [0.29, 0.717) is 6.54 Å². The van der Waals surface area contributed by atoms with Gasteiger partial charge in [-0.15, -0.1) is 11.3 Å². The van der Waals surface area contributed by atoms with E-state index >= 15 is 0 Å². The summed E-state index contributed by atoms with van der Waals surface area (Å²) in [7, 11) is 0. The first kappa shape index (κ1) is 17.3. The second-order valence-electron chi connectivity index (χ2n) is 5.20. The van der Waals surface area contributed by atoms with Crippen LogP contribution in [-0.2, 0) is 0 Å². The molecule has 0 aliphatic rings. The zero-order chi connectivity index (χ0) is 16.8. The number of anilines is 1. The highest BCUT2D eigenvalue weighted by Gasteiger charge is 2.08. The van der Waals surface area contributed by atoms with Crippen molar-refractivity contribution in [2.45, 2.75) is 30.0 Å². The van der Waals surface area contributed by atoms with Gasteiger partial charge < -0.3 is 10.6 Å². The molecule has 1 heterocycles. The van der Waals surface area contributed by atoms with Crippen LogP contribution in [0.25, 0.3) is 0 Å². The molecule has 0 aliphatic heterocycles. The fourth-order valence-corrected chi connectivity index (χ4v) is 3.69. The molecule has 120 valence electrons. The first-order chi connectivity index (χ1) is 11.0. The Balaban J connectivity index is 1.96. The van der Waals surface area contributed by atoms with Crippen molar-refractivity contribution >= 4 is 34.8 Å². The summed E-state index contributed by atoms with van der Waals surface area (Å²) in [5.74, 6) is -0.206. The quantitative estimate of drug-likeness (QED) is 0.851. The van der Waals surface area contributed by atoms with E-state index in [1.807, 2.05) is 37.4 Å². The molecule has 23 heavy (non-hydrogen) atoms. The van der Waals surface area contributed by atoms with Crippen LogP contribution in [0, 0.1) is 31.1 Å². The molecule has 2 rings (SSSR count). The molecule has 5 nitrogen and oxygen atoms in total. The molecule has 0 bridgehead atoms. The van der Waals surface area contributed by atoms with Crippen LogP contribution in [0.1, 0.15) is 18.2 Å². The molecule has 0 saturated carbocycles. The number of carbonyl (C=O) groups is 1. The highest BCUT2D eigenvalue weighted by atomic mass is 32.2. The Kier molecular flexibility index (Phi) is 6.02. The number of urea groups is 1. The average molecular weight is 346 g/mol. The van der Waals surface area contributed by atoms with Crippen molar-refractivity contribution in [1.82, 2.24) is 10.3 Å². The van der Waals surface area contributed by atoms with E-state index < -0.39 is 0 Å². The summed E-state index contributed by atoms with van der Waals surface area (Å²) in [6, 6.07) is 7.64. The van der Waals surface area contributed by atoms with E-state index in [1.165, 1.54) is 0 Å². The van der Waals surface area contributed by atoms with Crippen molar-refractivity contribution < 1.29 is 4.79 Å². The van der Waals surface area contributed by atoms with E-state index in [1.54, 1.807) is 30.0 Å². The highest BCUT2D eigenvalue weighted by Crippen LogP contribution is 2.32. The van der Waals surface area contributed by atoms with E-state index in [4.69, 9.17) is 5.26 Å². The number of aryl methyl sites for hydroxylation is 2. The largest absolute Gasteiger partial charge is 0.337 e. The number of thiazole rings is 1. The Morgan fingerprint density at radius 2 is 2.26 bits per heavy atom. The van der Waals surface area contributed by atoms with E-state index in [-0.39, 0.29) is 11.9 Å². The number of nitriles is 1. The lowest BCUT2D eigenvalue weighted by Gasteiger charge is -2.11.